The fraction of sp³-hybridized carbons (Fsp3) is 0.316. The van der Waals surface area contributed by atoms with Gasteiger partial charge in [0.1, 0.15) is 0 Å². The van der Waals surface area contributed by atoms with Gasteiger partial charge in [0.15, 0.2) is 0 Å². The molecule has 1 aliphatic rings. The SMILES string of the molecule is Cc1ccc(N2CCN(S(=O)(=O)c3ccc(C(=O)O)cc3)CC2)c(C)c1. The third-order valence-corrected chi connectivity index (χ3v) is 6.58. The van der Waals surface area contributed by atoms with Crippen molar-refractivity contribution in [2.24, 2.45) is 0 Å². The third-order valence-electron chi connectivity index (χ3n) is 4.67. The molecule has 0 unspecified atom stereocenters. The van der Waals surface area contributed by atoms with E-state index in [1.165, 1.54) is 39.7 Å². The summed E-state index contributed by atoms with van der Waals surface area (Å²) >= 11 is 0. The minimum atomic E-state index is -3.61. The van der Waals surface area contributed by atoms with Crippen LogP contribution in [0.2, 0.25) is 0 Å². The van der Waals surface area contributed by atoms with Gasteiger partial charge in [-0.1, -0.05) is 17.7 Å². The molecule has 0 aromatic heterocycles. The van der Waals surface area contributed by atoms with Crippen molar-refractivity contribution in [2.75, 3.05) is 31.1 Å². The van der Waals surface area contributed by atoms with E-state index in [2.05, 4.69) is 36.9 Å². The van der Waals surface area contributed by atoms with Crippen molar-refractivity contribution in [3.8, 4) is 0 Å². The lowest BCUT2D eigenvalue weighted by Crippen LogP contribution is -2.48. The van der Waals surface area contributed by atoms with Gasteiger partial charge < -0.3 is 10.0 Å². The van der Waals surface area contributed by atoms with Crippen molar-refractivity contribution in [1.82, 2.24) is 4.31 Å². The summed E-state index contributed by atoms with van der Waals surface area (Å²) in [6.45, 7) is 6.16. The van der Waals surface area contributed by atoms with Crippen LogP contribution in [-0.2, 0) is 10.0 Å². The van der Waals surface area contributed by atoms with Crippen LogP contribution in [0.15, 0.2) is 47.4 Å². The zero-order valence-electron chi connectivity index (χ0n) is 14.8. The molecule has 0 bridgehead atoms. The second kappa shape index (κ2) is 7.09. The number of sulfonamides is 1. The van der Waals surface area contributed by atoms with Gasteiger partial charge in [0.05, 0.1) is 10.5 Å². The van der Waals surface area contributed by atoms with Crippen molar-refractivity contribution in [3.05, 3.63) is 59.2 Å². The largest absolute Gasteiger partial charge is 0.478 e. The summed E-state index contributed by atoms with van der Waals surface area (Å²) in [5, 5.41) is 8.94. The molecule has 26 heavy (non-hydrogen) atoms. The summed E-state index contributed by atoms with van der Waals surface area (Å²) in [6, 6.07) is 11.6. The summed E-state index contributed by atoms with van der Waals surface area (Å²) in [5.41, 5.74) is 3.60. The Morgan fingerprint density at radius 1 is 0.962 bits per heavy atom. The first-order valence-electron chi connectivity index (χ1n) is 8.45. The molecule has 2 aromatic rings. The molecule has 0 spiro atoms. The molecule has 0 saturated carbocycles. The lowest BCUT2D eigenvalue weighted by Gasteiger charge is -2.36. The maximum absolute atomic E-state index is 12.8. The highest BCUT2D eigenvalue weighted by molar-refractivity contribution is 7.89. The van der Waals surface area contributed by atoms with E-state index < -0.39 is 16.0 Å². The Morgan fingerprint density at radius 2 is 1.58 bits per heavy atom. The molecule has 1 N–H and O–H groups in total. The normalized spacial score (nSPS) is 15.8. The summed E-state index contributed by atoms with van der Waals surface area (Å²) < 4.78 is 27.0. The number of rotatable bonds is 4. The summed E-state index contributed by atoms with van der Waals surface area (Å²) in [7, 11) is -3.61. The number of hydrogen-bond donors (Lipinski definition) is 1. The van der Waals surface area contributed by atoms with E-state index in [1.807, 2.05) is 0 Å². The molecule has 3 rings (SSSR count). The van der Waals surface area contributed by atoms with Gasteiger partial charge in [-0.05, 0) is 49.7 Å². The molecule has 1 heterocycles. The van der Waals surface area contributed by atoms with Gasteiger partial charge in [-0.25, -0.2) is 13.2 Å². The zero-order valence-corrected chi connectivity index (χ0v) is 15.7. The van der Waals surface area contributed by atoms with Gasteiger partial charge in [-0.3, -0.25) is 0 Å². The van der Waals surface area contributed by atoms with Crippen LogP contribution in [0, 0.1) is 13.8 Å². The lowest BCUT2D eigenvalue weighted by molar-refractivity contribution is 0.0696. The number of carbonyl (C=O) groups is 1. The third kappa shape index (κ3) is 3.59. The first-order chi connectivity index (χ1) is 12.3. The van der Waals surface area contributed by atoms with Gasteiger partial charge in [0.2, 0.25) is 10.0 Å². The van der Waals surface area contributed by atoms with E-state index in [-0.39, 0.29) is 10.5 Å². The van der Waals surface area contributed by atoms with E-state index in [0.29, 0.717) is 26.2 Å². The highest BCUT2D eigenvalue weighted by atomic mass is 32.2. The average Bonchev–Trinajstić information content (AvgIpc) is 2.62. The topological polar surface area (TPSA) is 77.9 Å². The number of hydrogen-bond acceptors (Lipinski definition) is 4. The second-order valence-electron chi connectivity index (χ2n) is 6.51. The fourth-order valence-electron chi connectivity index (χ4n) is 3.25. The average molecular weight is 374 g/mol. The number of anilines is 1. The summed E-state index contributed by atoms with van der Waals surface area (Å²) in [5.74, 6) is -1.07. The maximum atomic E-state index is 12.8. The number of carboxylic acids is 1. The smallest absolute Gasteiger partial charge is 0.335 e. The van der Waals surface area contributed by atoms with Crippen LogP contribution in [0.5, 0.6) is 0 Å². The van der Waals surface area contributed by atoms with Gasteiger partial charge in [-0.2, -0.15) is 4.31 Å². The van der Waals surface area contributed by atoms with E-state index in [1.54, 1.807) is 0 Å². The van der Waals surface area contributed by atoms with Crippen LogP contribution in [0.25, 0.3) is 0 Å². The molecule has 0 radical (unpaired) electrons. The monoisotopic (exact) mass is 374 g/mol. The molecule has 2 aromatic carbocycles. The van der Waals surface area contributed by atoms with Crippen molar-refractivity contribution in [1.29, 1.82) is 0 Å². The molecule has 1 aliphatic heterocycles. The van der Waals surface area contributed by atoms with E-state index in [0.717, 1.165) is 5.69 Å². The minimum absolute atomic E-state index is 0.0728. The zero-order chi connectivity index (χ0) is 18.9. The molecule has 0 amide bonds. The molecule has 0 atom stereocenters. The summed E-state index contributed by atoms with van der Waals surface area (Å²) in [6.07, 6.45) is 0. The number of aromatic carboxylic acids is 1. The van der Waals surface area contributed by atoms with Crippen LogP contribution < -0.4 is 4.90 Å². The molecule has 6 nitrogen and oxygen atoms in total. The molecular formula is C19H22N2O4S. The maximum Gasteiger partial charge on any atom is 0.335 e. The Morgan fingerprint density at radius 3 is 2.12 bits per heavy atom. The molecule has 138 valence electrons. The van der Waals surface area contributed by atoms with E-state index in [4.69, 9.17) is 5.11 Å². The predicted molar refractivity (Wildman–Crippen MR) is 100 cm³/mol. The highest BCUT2D eigenvalue weighted by Gasteiger charge is 2.29. The molecule has 0 aliphatic carbocycles. The van der Waals surface area contributed by atoms with Gasteiger partial charge >= 0.3 is 5.97 Å². The quantitative estimate of drug-likeness (QED) is 0.890. The van der Waals surface area contributed by atoms with Crippen LogP contribution in [0.4, 0.5) is 5.69 Å². The van der Waals surface area contributed by atoms with Crippen molar-refractivity contribution >= 4 is 21.7 Å². The number of benzene rings is 2. The first kappa shape index (κ1) is 18.4. The Labute approximate surface area is 153 Å². The summed E-state index contributed by atoms with van der Waals surface area (Å²) in [4.78, 5) is 13.2. The van der Waals surface area contributed by atoms with Crippen molar-refractivity contribution < 1.29 is 18.3 Å². The molecule has 1 fully saturated rings. The fourth-order valence-corrected chi connectivity index (χ4v) is 4.67. The van der Waals surface area contributed by atoms with Crippen LogP contribution in [0.1, 0.15) is 21.5 Å². The minimum Gasteiger partial charge on any atom is -0.478 e. The second-order valence-corrected chi connectivity index (χ2v) is 8.45. The molecular weight excluding hydrogens is 352 g/mol. The van der Waals surface area contributed by atoms with Crippen LogP contribution in [-0.4, -0.2) is 50.0 Å². The van der Waals surface area contributed by atoms with Gasteiger partial charge in [-0.15, -0.1) is 0 Å². The number of aryl methyl sites for hydroxylation is 2. The predicted octanol–water partition coefficient (Wildman–Crippen LogP) is 2.51. The Hall–Kier alpha value is -2.38. The van der Waals surface area contributed by atoms with Crippen molar-refractivity contribution in [3.63, 3.8) is 0 Å². The van der Waals surface area contributed by atoms with Crippen molar-refractivity contribution in [2.45, 2.75) is 18.7 Å². The Bertz CT molecular complexity index is 915. The number of nitrogens with zero attached hydrogens (tertiary/aromatic N) is 2. The molecule has 1 saturated heterocycles. The highest BCUT2D eigenvalue weighted by Crippen LogP contribution is 2.24. The lowest BCUT2D eigenvalue weighted by atomic mass is 10.1. The Balaban J connectivity index is 1.73. The van der Waals surface area contributed by atoms with Gasteiger partial charge in [0, 0.05) is 31.9 Å². The van der Waals surface area contributed by atoms with Crippen LogP contribution in [0.3, 0.4) is 0 Å². The first-order valence-corrected chi connectivity index (χ1v) is 9.89. The van der Waals surface area contributed by atoms with E-state index in [9.17, 15) is 13.2 Å². The Kier molecular flexibility index (Phi) is 5.02. The van der Waals surface area contributed by atoms with Gasteiger partial charge in [0.25, 0.3) is 0 Å². The van der Waals surface area contributed by atoms with E-state index >= 15 is 0 Å². The number of piperazine rings is 1. The number of carboxylic acid groups (broad SMARTS) is 1. The van der Waals surface area contributed by atoms with Crippen LogP contribution >= 0.6 is 0 Å². The standard InChI is InChI=1S/C19H22N2O4S/c1-14-3-8-18(15(2)13-14)20-9-11-21(12-10-20)26(24,25)17-6-4-16(5-7-17)19(22)23/h3-8,13H,9-12H2,1-2H3,(H,22,23). The molecule has 7 heteroatoms.